The molecule has 22 heavy (non-hydrogen) atoms. The van der Waals surface area contributed by atoms with Crippen molar-refractivity contribution >= 4 is 0 Å². The van der Waals surface area contributed by atoms with Gasteiger partial charge in [-0.05, 0) is 71.2 Å². The van der Waals surface area contributed by atoms with Crippen molar-refractivity contribution in [1.82, 2.24) is 4.90 Å². The van der Waals surface area contributed by atoms with Gasteiger partial charge in [0.05, 0.1) is 6.04 Å². The summed E-state index contributed by atoms with van der Waals surface area (Å²) in [5.41, 5.74) is 2.91. The largest absolute Gasteiger partial charge is 0.486 e. The molecule has 2 aliphatic heterocycles. The molecule has 122 valence electrons. The molecule has 0 aliphatic carbocycles. The van der Waals surface area contributed by atoms with Crippen molar-refractivity contribution in [2.75, 3.05) is 6.54 Å². The predicted molar refractivity (Wildman–Crippen MR) is 89.4 cm³/mol. The summed E-state index contributed by atoms with van der Waals surface area (Å²) in [5.74, 6) is 0.857. The van der Waals surface area contributed by atoms with E-state index in [0.29, 0.717) is 6.04 Å². The Kier molecular flexibility index (Phi) is 3.98. The van der Waals surface area contributed by atoms with Gasteiger partial charge in [-0.15, -0.1) is 0 Å². The Hall–Kier alpha value is -1.06. The third kappa shape index (κ3) is 2.55. The fraction of sp³-hybridized carbons (Fsp3) is 0.684. The lowest BCUT2D eigenvalue weighted by Crippen LogP contribution is -2.61. The number of rotatable bonds is 1. The molecule has 0 aromatic heterocycles. The number of hydrogen-bond donors (Lipinski definition) is 1. The van der Waals surface area contributed by atoms with E-state index >= 15 is 0 Å². The lowest BCUT2D eigenvalue weighted by molar-refractivity contribution is -0.101. The number of benzene rings is 1. The summed E-state index contributed by atoms with van der Waals surface area (Å²) < 4.78 is 6.36. The molecule has 0 bridgehead atoms. The lowest BCUT2D eigenvalue weighted by atomic mass is 9.81. The fourth-order valence-corrected chi connectivity index (χ4v) is 4.40. The Morgan fingerprint density at radius 3 is 2.64 bits per heavy atom. The van der Waals surface area contributed by atoms with E-state index in [2.05, 4.69) is 51.7 Å². The molecule has 0 amide bonds. The molecule has 3 unspecified atom stereocenters. The topological polar surface area (TPSA) is 32.7 Å². The van der Waals surface area contributed by atoms with Crippen molar-refractivity contribution in [3.05, 3.63) is 28.8 Å². The summed E-state index contributed by atoms with van der Waals surface area (Å²) in [6.07, 6.45) is 3.22. The second-order valence-corrected chi connectivity index (χ2v) is 7.67. The number of piperidine rings is 1. The molecule has 0 radical (unpaired) electrons. The Bertz CT molecular complexity index is 567. The highest BCUT2D eigenvalue weighted by Crippen LogP contribution is 2.45. The van der Waals surface area contributed by atoms with Crippen LogP contribution in [0.4, 0.5) is 0 Å². The van der Waals surface area contributed by atoms with E-state index in [1.807, 2.05) is 0 Å². The van der Waals surface area contributed by atoms with Crippen molar-refractivity contribution in [1.29, 1.82) is 0 Å². The third-order valence-electron chi connectivity index (χ3n) is 5.39. The van der Waals surface area contributed by atoms with E-state index in [1.54, 1.807) is 0 Å². The SMILES string of the molecule is Cc1cc(C)c2c(c1)OC(C)(C)C(N1CCCCC1C)C2O. The number of likely N-dealkylation sites (tertiary alicyclic amines) is 1. The van der Waals surface area contributed by atoms with Crippen molar-refractivity contribution in [2.24, 2.45) is 0 Å². The minimum absolute atomic E-state index is 0.0108. The Labute approximate surface area is 134 Å². The quantitative estimate of drug-likeness (QED) is 0.857. The molecule has 3 rings (SSSR count). The van der Waals surface area contributed by atoms with Gasteiger partial charge in [-0.2, -0.15) is 0 Å². The van der Waals surface area contributed by atoms with Gasteiger partial charge < -0.3 is 9.84 Å². The van der Waals surface area contributed by atoms with E-state index in [-0.39, 0.29) is 6.04 Å². The first-order valence-corrected chi connectivity index (χ1v) is 8.55. The minimum Gasteiger partial charge on any atom is -0.486 e. The van der Waals surface area contributed by atoms with Gasteiger partial charge in [0, 0.05) is 11.6 Å². The molecular weight excluding hydrogens is 274 g/mol. The van der Waals surface area contributed by atoms with Gasteiger partial charge in [-0.1, -0.05) is 12.5 Å². The van der Waals surface area contributed by atoms with Crippen LogP contribution in [-0.2, 0) is 0 Å². The van der Waals surface area contributed by atoms with Crippen LogP contribution in [0.2, 0.25) is 0 Å². The molecule has 1 aromatic rings. The van der Waals surface area contributed by atoms with Crippen molar-refractivity contribution in [3.63, 3.8) is 0 Å². The highest BCUT2D eigenvalue weighted by molar-refractivity contribution is 5.47. The van der Waals surface area contributed by atoms with Crippen molar-refractivity contribution < 1.29 is 9.84 Å². The predicted octanol–water partition coefficient (Wildman–Crippen LogP) is 3.75. The molecular formula is C19H29NO2. The average molecular weight is 303 g/mol. The molecule has 2 heterocycles. The van der Waals surface area contributed by atoms with E-state index in [0.717, 1.165) is 23.4 Å². The zero-order valence-electron chi connectivity index (χ0n) is 14.5. The molecule has 3 nitrogen and oxygen atoms in total. The minimum atomic E-state index is -0.486. The van der Waals surface area contributed by atoms with Crippen LogP contribution in [0, 0.1) is 13.8 Å². The number of aliphatic hydroxyl groups is 1. The van der Waals surface area contributed by atoms with Crippen LogP contribution < -0.4 is 4.74 Å². The van der Waals surface area contributed by atoms with Gasteiger partial charge in [0.15, 0.2) is 0 Å². The summed E-state index contributed by atoms with van der Waals surface area (Å²) in [7, 11) is 0. The summed E-state index contributed by atoms with van der Waals surface area (Å²) in [6.45, 7) is 11.7. The number of hydrogen-bond acceptors (Lipinski definition) is 3. The molecule has 0 spiro atoms. The number of aliphatic hydroxyl groups excluding tert-OH is 1. The van der Waals surface area contributed by atoms with Crippen LogP contribution in [0.15, 0.2) is 12.1 Å². The molecule has 1 N–H and O–H groups in total. The van der Waals surface area contributed by atoms with Gasteiger partial charge in [0.25, 0.3) is 0 Å². The zero-order valence-corrected chi connectivity index (χ0v) is 14.5. The summed E-state index contributed by atoms with van der Waals surface area (Å²) in [6, 6.07) is 4.71. The highest BCUT2D eigenvalue weighted by Gasteiger charge is 2.48. The molecule has 3 atom stereocenters. The van der Waals surface area contributed by atoms with Gasteiger partial charge >= 0.3 is 0 Å². The summed E-state index contributed by atoms with van der Waals surface area (Å²) in [4.78, 5) is 2.47. The normalized spacial score (nSPS) is 31.5. The lowest BCUT2D eigenvalue weighted by Gasteiger charge is -2.51. The van der Waals surface area contributed by atoms with E-state index < -0.39 is 11.7 Å². The van der Waals surface area contributed by atoms with Gasteiger partial charge in [-0.25, -0.2) is 0 Å². The molecule has 1 fully saturated rings. The van der Waals surface area contributed by atoms with Crippen LogP contribution in [0.1, 0.15) is 62.8 Å². The zero-order chi connectivity index (χ0) is 16.1. The molecule has 2 aliphatic rings. The number of ether oxygens (including phenoxy) is 1. The summed E-state index contributed by atoms with van der Waals surface area (Å²) >= 11 is 0. The molecule has 3 heteroatoms. The highest BCUT2D eigenvalue weighted by atomic mass is 16.5. The Morgan fingerprint density at radius 1 is 1.23 bits per heavy atom. The smallest absolute Gasteiger partial charge is 0.126 e. The monoisotopic (exact) mass is 303 g/mol. The van der Waals surface area contributed by atoms with E-state index in [9.17, 15) is 5.11 Å². The third-order valence-corrected chi connectivity index (χ3v) is 5.39. The fourth-order valence-electron chi connectivity index (χ4n) is 4.40. The summed E-state index contributed by atoms with van der Waals surface area (Å²) in [5, 5.41) is 11.2. The van der Waals surface area contributed by atoms with Gasteiger partial charge in [0.1, 0.15) is 17.5 Å². The second kappa shape index (κ2) is 5.54. The van der Waals surface area contributed by atoms with Crippen molar-refractivity contribution in [2.45, 2.75) is 77.7 Å². The van der Waals surface area contributed by atoms with E-state index in [4.69, 9.17) is 4.74 Å². The maximum Gasteiger partial charge on any atom is 0.126 e. The maximum atomic E-state index is 11.2. The second-order valence-electron chi connectivity index (χ2n) is 7.67. The van der Waals surface area contributed by atoms with Crippen LogP contribution in [0.25, 0.3) is 0 Å². The molecule has 1 saturated heterocycles. The van der Waals surface area contributed by atoms with Gasteiger partial charge in [-0.3, -0.25) is 4.90 Å². The average Bonchev–Trinajstić information content (AvgIpc) is 2.38. The van der Waals surface area contributed by atoms with Crippen LogP contribution in [0.5, 0.6) is 5.75 Å². The van der Waals surface area contributed by atoms with Gasteiger partial charge in [0.2, 0.25) is 0 Å². The first-order valence-electron chi connectivity index (χ1n) is 8.55. The molecule has 1 aromatic carbocycles. The van der Waals surface area contributed by atoms with Crippen LogP contribution in [0.3, 0.4) is 0 Å². The maximum absolute atomic E-state index is 11.2. The first-order chi connectivity index (χ1) is 10.3. The van der Waals surface area contributed by atoms with Crippen molar-refractivity contribution in [3.8, 4) is 5.75 Å². The Morgan fingerprint density at radius 2 is 1.95 bits per heavy atom. The molecule has 0 saturated carbocycles. The Balaban J connectivity index is 2.04. The van der Waals surface area contributed by atoms with Crippen LogP contribution >= 0.6 is 0 Å². The van der Waals surface area contributed by atoms with Crippen LogP contribution in [-0.4, -0.2) is 34.2 Å². The number of nitrogens with zero attached hydrogens (tertiary/aromatic N) is 1. The van der Waals surface area contributed by atoms with E-state index in [1.165, 1.54) is 24.8 Å². The standard InChI is InChI=1S/C19H29NO2/c1-12-10-13(2)16-15(11-12)22-19(4,5)18(17(16)21)20-9-7-6-8-14(20)3/h10-11,14,17-18,21H,6-9H2,1-5H3. The first kappa shape index (κ1) is 15.8. The number of fused-ring (bicyclic) bond motifs is 1. The number of aryl methyl sites for hydroxylation is 2.